The molecule has 4 heteroatoms. The number of benzene rings is 1. The number of thioether (sulfide) groups is 1. The maximum Gasteiger partial charge on any atom is 0.233 e. The molecule has 1 aliphatic rings. The molecule has 0 aliphatic carbocycles. The van der Waals surface area contributed by atoms with Gasteiger partial charge in [0.15, 0.2) is 0 Å². The van der Waals surface area contributed by atoms with E-state index in [9.17, 15) is 4.79 Å². The molecule has 1 fully saturated rings. The van der Waals surface area contributed by atoms with Gasteiger partial charge in [-0.05, 0) is 25.5 Å². The third kappa shape index (κ3) is 3.50. The third-order valence-electron chi connectivity index (χ3n) is 3.16. The van der Waals surface area contributed by atoms with Crippen molar-refractivity contribution in [2.45, 2.75) is 18.7 Å². The summed E-state index contributed by atoms with van der Waals surface area (Å²) in [6, 6.07) is 6.38. The number of hydrogen-bond donors (Lipinski definition) is 1. The zero-order chi connectivity index (χ0) is 13.0. The van der Waals surface area contributed by atoms with Gasteiger partial charge in [0.1, 0.15) is 0 Å². The monoisotopic (exact) mass is 264 g/mol. The van der Waals surface area contributed by atoms with Gasteiger partial charge in [0, 0.05) is 31.1 Å². The van der Waals surface area contributed by atoms with Gasteiger partial charge in [-0.2, -0.15) is 0 Å². The number of amides is 1. The first kappa shape index (κ1) is 13.4. The van der Waals surface area contributed by atoms with Gasteiger partial charge in [0.25, 0.3) is 0 Å². The largest absolute Gasteiger partial charge is 0.339 e. The molecule has 3 nitrogen and oxygen atoms in total. The lowest BCUT2D eigenvalue weighted by molar-refractivity contribution is -0.128. The van der Waals surface area contributed by atoms with Crippen molar-refractivity contribution in [2.75, 3.05) is 31.9 Å². The molecule has 98 valence electrons. The molecule has 1 aromatic carbocycles. The molecular weight excluding hydrogens is 244 g/mol. The molecule has 0 unspecified atom stereocenters. The summed E-state index contributed by atoms with van der Waals surface area (Å²) in [4.78, 5) is 15.2. The van der Waals surface area contributed by atoms with Gasteiger partial charge in [-0.3, -0.25) is 4.79 Å². The molecule has 1 aromatic rings. The second-order valence-electron chi connectivity index (χ2n) is 4.69. The van der Waals surface area contributed by atoms with E-state index in [0.29, 0.717) is 5.75 Å². The van der Waals surface area contributed by atoms with Crippen LogP contribution in [-0.4, -0.2) is 42.7 Å². The molecule has 1 N–H and O–H groups in total. The lowest BCUT2D eigenvalue weighted by Crippen LogP contribution is -2.47. The van der Waals surface area contributed by atoms with Crippen molar-refractivity contribution < 1.29 is 4.79 Å². The van der Waals surface area contributed by atoms with Crippen molar-refractivity contribution in [3.8, 4) is 0 Å². The van der Waals surface area contributed by atoms with Crippen LogP contribution in [0, 0.1) is 13.8 Å². The SMILES string of the molecule is Cc1ccc(C)c(SCC(=O)N2CCNCC2)c1. The van der Waals surface area contributed by atoms with E-state index in [0.717, 1.165) is 26.2 Å². The number of nitrogens with zero attached hydrogens (tertiary/aromatic N) is 1. The predicted octanol–water partition coefficient (Wildman–Crippen LogP) is 1.83. The van der Waals surface area contributed by atoms with Crippen molar-refractivity contribution in [1.29, 1.82) is 0 Å². The molecular formula is C14H20N2OS. The van der Waals surface area contributed by atoms with E-state index >= 15 is 0 Å². The highest BCUT2D eigenvalue weighted by atomic mass is 32.2. The van der Waals surface area contributed by atoms with Gasteiger partial charge >= 0.3 is 0 Å². The average molecular weight is 264 g/mol. The summed E-state index contributed by atoms with van der Waals surface area (Å²) >= 11 is 1.65. The van der Waals surface area contributed by atoms with Crippen LogP contribution >= 0.6 is 11.8 Å². The second-order valence-corrected chi connectivity index (χ2v) is 5.71. The molecule has 1 aliphatic heterocycles. The van der Waals surface area contributed by atoms with Crippen molar-refractivity contribution in [1.82, 2.24) is 10.2 Å². The number of aryl methyl sites for hydroxylation is 2. The highest BCUT2D eigenvalue weighted by molar-refractivity contribution is 8.00. The third-order valence-corrected chi connectivity index (χ3v) is 4.31. The first-order valence-corrected chi connectivity index (χ1v) is 7.34. The van der Waals surface area contributed by atoms with E-state index in [1.807, 2.05) is 4.90 Å². The number of carbonyl (C=O) groups excluding carboxylic acids is 1. The molecule has 0 spiro atoms. The Balaban J connectivity index is 1.90. The van der Waals surface area contributed by atoms with Gasteiger partial charge in [-0.25, -0.2) is 0 Å². The minimum absolute atomic E-state index is 0.252. The zero-order valence-corrected chi connectivity index (χ0v) is 11.8. The summed E-state index contributed by atoms with van der Waals surface area (Å²) in [7, 11) is 0. The number of piperazine rings is 1. The fourth-order valence-corrected chi connectivity index (χ4v) is 3.03. The highest BCUT2D eigenvalue weighted by Crippen LogP contribution is 2.23. The summed E-state index contributed by atoms with van der Waals surface area (Å²) in [5.74, 6) is 0.798. The highest BCUT2D eigenvalue weighted by Gasteiger charge is 2.16. The summed E-state index contributed by atoms with van der Waals surface area (Å²) in [6.45, 7) is 7.69. The van der Waals surface area contributed by atoms with E-state index in [2.05, 4.69) is 37.4 Å². The van der Waals surface area contributed by atoms with Crippen LogP contribution in [0.5, 0.6) is 0 Å². The molecule has 0 bridgehead atoms. The lowest BCUT2D eigenvalue weighted by atomic mass is 10.2. The van der Waals surface area contributed by atoms with Crippen LogP contribution in [0.2, 0.25) is 0 Å². The summed E-state index contributed by atoms with van der Waals surface area (Å²) in [5, 5.41) is 3.26. The minimum Gasteiger partial charge on any atom is -0.339 e. The number of hydrogen-bond acceptors (Lipinski definition) is 3. The number of rotatable bonds is 3. The van der Waals surface area contributed by atoms with E-state index in [1.54, 1.807) is 11.8 Å². The summed E-state index contributed by atoms with van der Waals surface area (Å²) < 4.78 is 0. The first-order valence-electron chi connectivity index (χ1n) is 6.35. The van der Waals surface area contributed by atoms with E-state index < -0.39 is 0 Å². The van der Waals surface area contributed by atoms with Crippen LogP contribution in [0.3, 0.4) is 0 Å². The topological polar surface area (TPSA) is 32.3 Å². The Morgan fingerprint density at radius 3 is 2.78 bits per heavy atom. The fourth-order valence-electron chi connectivity index (χ4n) is 2.01. The quantitative estimate of drug-likeness (QED) is 0.845. The van der Waals surface area contributed by atoms with Gasteiger partial charge in [0.05, 0.1) is 5.75 Å². The van der Waals surface area contributed by atoms with Gasteiger partial charge in [-0.15, -0.1) is 11.8 Å². The Hall–Kier alpha value is -1.00. The lowest BCUT2D eigenvalue weighted by Gasteiger charge is -2.27. The molecule has 0 atom stereocenters. The maximum absolute atomic E-state index is 12.0. The van der Waals surface area contributed by atoms with Crippen LogP contribution in [0.15, 0.2) is 23.1 Å². The zero-order valence-electron chi connectivity index (χ0n) is 11.0. The Bertz CT molecular complexity index is 428. The molecule has 1 saturated heterocycles. The molecule has 1 heterocycles. The maximum atomic E-state index is 12.0. The minimum atomic E-state index is 0.252. The Morgan fingerprint density at radius 1 is 1.33 bits per heavy atom. The number of nitrogens with one attached hydrogen (secondary N) is 1. The van der Waals surface area contributed by atoms with E-state index in [4.69, 9.17) is 0 Å². The van der Waals surface area contributed by atoms with Crippen molar-refractivity contribution in [3.05, 3.63) is 29.3 Å². The van der Waals surface area contributed by atoms with Gasteiger partial charge in [0.2, 0.25) is 5.91 Å². The van der Waals surface area contributed by atoms with Crippen molar-refractivity contribution in [2.24, 2.45) is 0 Å². The molecule has 2 rings (SSSR count). The predicted molar refractivity (Wildman–Crippen MR) is 76.1 cm³/mol. The van der Waals surface area contributed by atoms with Crippen LogP contribution in [0.25, 0.3) is 0 Å². The van der Waals surface area contributed by atoms with Crippen molar-refractivity contribution >= 4 is 17.7 Å². The Morgan fingerprint density at radius 2 is 2.06 bits per heavy atom. The molecule has 0 aromatic heterocycles. The average Bonchev–Trinajstić information content (AvgIpc) is 2.40. The van der Waals surface area contributed by atoms with E-state index in [1.165, 1.54) is 16.0 Å². The smallest absolute Gasteiger partial charge is 0.233 e. The van der Waals surface area contributed by atoms with Crippen molar-refractivity contribution in [3.63, 3.8) is 0 Å². The van der Waals surface area contributed by atoms with Gasteiger partial charge < -0.3 is 10.2 Å². The molecule has 1 amide bonds. The molecule has 0 saturated carbocycles. The fraction of sp³-hybridized carbons (Fsp3) is 0.500. The van der Waals surface area contributed by atoms with E-state index in [-0.39, 0.29) is 5.91 Å². The summed E-state index contributed by atoms with van der Waals surface area (Å²) in [6.07, 6.45) is 0. The van der Waals surface area contributed by atoms with Crippen LogP contribution in [0.4, 0.5) is 0 Å². The summed E-state index contributed by atoms with van der Waals surface area (Å²) in [5.41, 5.74) is 2.50. The number of carbonyl (C=O) groups is 1. The van der Waals surface area contributed by atoms with Crippen LogP contribution in [0.1, 0.15) is 11.1 Å². The normalized spacial score (nSPS) is 15.8. The standard InChI is InChI=1S/C14H20N2OS/c1-11-3-4-12(2)13(9-11)18-10-14(17)16-7-5-15-6-8-16/h3-4,9,15H,5-8,10H2,1-2H3. The molecule has 18 heavy (non-hydrogen) atoms. The molecule has 0 radical (unpaired) electrons. The Kier molecular flexibility index (Phi) is 4.66. The van der Waals surface area contributed by atoms with Crippen LogP contribution in [-0.2, 0) is 4.79 Å². The van der Waals surface area contributed by atoms with Crippen LogP contribution < -0.4 is 5.32 Å². The first-order chi connectivity index (χ1) is 8.66. The Labute approximate surface area is 113 Å². The second kappa shape index (κ2) is 6.25. The van der Waals surface area contributed by atoms with Gasteiger partial charge in [-0.1, -0.05) is 17.7 Å².